The molecular weight excluding hydrogens is 196 g/mol. The number of rotatable bonds is 2. The highest BCUT2D eigenvalue weighted by molar-refractivity contribution is 8.02. The van der Waals surface area contributed by atoms with E-state index in [2.05, 4.69) is 24.5 Å². The smallest absolute Gasteiger partial charge is 0.228 e. The number of amides is 1. The SMILES string of the molecule is CC1(C(=O)NC2CSC2(C)C)CNC1. The number of hydrogen-bond acceptors (Lipinski definition) is 3. The lowest BCUT2D eigenvalue weighted by atomic mass is 9.82. The van der Waals surface area contributed by atoms with Gasteiger partial charge in [0.2, 0.25) is 5.91 Å². The molecule has 2 N–H and O–H groups in total. The van der Waals surface area contributed by atoms with E-state index in [0.717, 1.165) is 18.8 Å². The highest BCUT2D eigenvalue weighted by Gasteiger charge is 2.45. The standard InChI is InChI=1S/C10H18N2OS/c1-9(2)7(4-14-9)12-8(13)10(3)5-11-6-10/h7,11H,4-6H2,1-3H3,(H,12,13). The van der Waals surface area contributed by atoms with Crippen molar-refractivity contribution in [3.05, 3.63) is 0 Å². The molecule has 4 heteroatoms. The third kappa shape index (κ3) is 1.54. The summed E-state index contributed by atoms with van der Waals surface area (Å²) in [5.41, 5.74) is -0.156. The van der Waals surface area contributed by atoms with Crippen molar-refractivity contribution in [3.63, 3.8) is 0 Å². The second-order valence-corrected chi connectivity index (χ2v) is 6.78. The summed E-state index contributed by atoms with van der Waals surface area (Å²) in [6, 6.07) is 0.359. The number of nitrogens with one attached hydrogen (secondary N) is 2. The van der Waals surface area contributed by atoms with Gasteiger partial charge < -0.3 is 10.6 Å². The maximum Gasteiger partial charge on any atom is 0.228 e. The van der Waals surface area contributed by atoms with Crippen molar-refractivity contribution in [2.24, 2.45) is 5.41 Å². The van der Waals surface area contributed by atoms with E-state index < -0.39 is 0 Å². The second kappa shape index (κ2) is 3.14. The topological polar surface area (TPSA) is 41.1 Å². The van der Waals surface area contributed by atoms with Crippen LogP contribution in [0.5, 0.6) is 0 Å². The number of hydrogen-bond donors (Lipinski definition) is 2. The average molecular weight is 214 g/mol. The Labute approximate surface area is 89.4 Å². The minimum Gasteiger partial charge on any atom is -0.351 e. The molecule has 80 valence electrons. The first kappa shape index (κ1) is 10.3. The van der Waals surface area contributed by atoms with Crippen molar-refractivity contribution in [1.29, 1.82) is 0 Å². The average Bonchev–Trinajstić information content (AvgIpc) is 2.08. The van der Waals surface area contributed by atoms with Crippen LogP contribution in [0.2, 0.25) is 0 Å². The van der Waals surface area contributed by atoms with Crippen LogP contribution in [0.3, 0.4) is 0 Å². The van der Waals surface area contributed by atoms with Gasteiger partial charge in [0.25, 0.3) is 0 Å². The molecule has 0 saturated carbocycles. The lowest BCUT2D eigenvalue weighted by Crippen LogP contribution is -2.65. The normalized spacial score (nSPS) is 32.6. The second-order valence-electron chi connectivity index (χ2n) is 5.10. The molecule has 2 rings (SSSR count). The fourth-order valence-corrected chi connectivity index (χ4v) is 2.85. The van der Waals surface area contributed by atoms with E-state index in [0.29, 0.717) is 6.04 Å². The van der Waals surface area contributed by atoms with Gasteiger partial charge in [-0.05, 0) is 20.8 Å². The lowest BCUT2D eigenvalue weighted by molar-refractivity contribution is -0.133. The highest BCUT2D eigenvalue weighted by Crippen LogP contribution is 2.40. The molecular formula is C10H18N2OS. The van der Waals surface area contributed by atoms with Crippen LogP contribution in [-0.2, 0) is 4.79 Å². The predicted molar refractivity (Wildman–Crippen MR) is 59.4 cm³/mol. The van der Waals surface area contributed by atoms with Crippen LogP contribution in [0.1, 0.15) is 20.8 Å². The molecule has 0 aromatic heterocycles. The zero-order valence-corrected chi connectivity index (χ0v) is 9.83. The fraction of sp³-hybridized carbons (Fsp3) is 0.900. The Morgan fingerprint density at radius 1 is 1.43 bits per heavy atom. The minimum absolute atomic E-state index is 0.156. The van der Waals surface area contributed by atoms with Gasteiger partial charge in [-0.2, -0.15) is 11.8 Å². The van der Waals surface area contributed by atoms with Crippen LogP contribution in [0.25, 0.3) is 0 Å². The Morgan fingerprint density at radius 3 is 2.36 bits per heavy atom. The third-order valence-corrected chi connectivity index (χ3v) is 4.87. The number of thioether (sulfide) groups is 1. The summed E-state index contributed by atoms with van der Waals surface area (Å²) in [4.78, 5) is 11.9. The molecule has 2 heterocycles. The molecule has 2 fully saturated rings. The maximum absolute atomic E-state index is 11.9. The Bertz CT molecular complexity index is 261. The molecule has 0 aromatic carbocycles. The van der Waals surface area contributed by atoms with Crippen molar-refractivity contribution in [1.82, 2.24) is 10.6 Å². The summed E-state index contributed by atoms with van der Waals surface area (Å²) in [7, 11) is 0. The van der Waals surface area contributed by atoms with Gasteiger partial charge >= 0.3 is 0 Å². The summed E-state index contributed by atoms with van der Waals surface area (Å²) in [5, 5.41) is 6.30. The van der Waals surface area contributed by atoms with E-state index in [1.165, 1.54) is 0 Å². The van der Waals surface area contributed by atoms with E-state index >= 15 is 0 Å². The van der Waals surface area contributed by atoms with Crippen LogP contribution in [0, 0.1) is 5.41 Å². The Morgan fingerprint density at radius 2 is 2.07 bits per heavy atom. The van der Waals surface area contributed by atoms with E-state index in [1.54, 1.807) is 0 Å². The quantitative estimate of drug-likeness (QED) is 0.707. The zero-order valence-electron chi connectivity index (χ0n) is 9.02. The van der Waals surface area contributed by atoms with Gasteiger partial charge in [0, 0.05) is 23.6 Å². The first-order valence-corrected chi connectivity index (χ1v) is 6.08. The molecule has 0 radical (unpaired) electrons. The van der Waals surface area contributed by atoms with Gasteiger partial charge in [0.05, 0.1) is 11.5 Å². The highest BCUT2D eigenvalue weighted by atomic mass is 32.2. The van der Waals surface area contributed by atoms with Crippen molar-refractivity contribution >= 4 is 17.7 Å². The van der Waals surface area contributed by atoms with Crippen LogP contribution in [0.4, 0.5) is 0 Å². The molecule has 1 amide bonds. The van der Waals surface area contributed by atoms with Crippen LogP contribution in [-0.4, -0.2) is 35.5 Å². The van der Waals surface area contributed by atoms with Crippen molar-refractivity contribution in [2.45, 2.75) is 31.6 Å². The van der Waals surface area contributed by atoms with Gasteiger partial charge in [-0.25, -0.2) is 0 Å². The predicted octanol–water partition coefficient (Wildman–Crippen LogP) is 0.606. The van der Waals surface area contributed by atoms with Gasteiger partial charge in [-0.15, -0.1) is 0 Å². The first-order valence-electron chi connectivity index (χ1n) is 5.10. The summed E-state index contributed by atoms with van der Waals surface area (Å²) in [5.74, 6) is 1.28. The lowest BCUT2D eigenvalue weighted by Gasteiger charge is -2.47. The van der Waals surface area contributed by atoms with E-state index in [4.69, 9.17) is 0 Å². The fourth-order valence-electron chi connectivity index (χ4n) is 1.71. The summed E-state index contributed by atoms with van der Waals surface area (Å²) in [6.45, 7) is 8.04. The summed E-state index contributed by atoms with van der Waals surface area (Å²) in [6.07, 6.45) is 0. The molecule has 0 spiro atoms. The van der Waals surface area contributed by atoms with Crippen LogP contribution < -0.4 is 10.6 Å². The molecule has 3 nitrogen and oxygen atoms in total. The summed E-state index contributed by atoms with van der Waals surface area (Å²) < 4.78 is 0.225. The van der Waals surface area contributed by atoms with E-state index in [-0.39, 0.29) is 16.1 Å². The monoisotopic (exact) mass is 214 g/mol. The number of carbonyl (C=O) groups excluding carboxylic acids is 1. The van der Waals surface area contributed by atoms with Gasteiger partial charge in [-0.3, -0.25) is 4.79 Å². The van der Waals surface area contributed by atoms with Gasteiger partial charge in [-0.1, -0.05) is 0 Å². The first-order chi connectivity index (χ1) is 6.44. The van der Waals surface area contributed by atoms with Crippen molar-refractivity contribution in [3.8, 4) is 0 Å². The van der Waals surface area contributed by atoms with Gasteiger partial charge in [0.1, 0.15) is 0 Å². The molecule has 1 unspecified atom stereocenters. The van der Waals surface area contributed by atoms with Crippen LogP contribution in [0.15, 0.2) is 0 Å². The molecule has 14 heavy (non-hydrogen) atoms. The molecule has 0 aliphatic carbocycles. The number of carbonyl (C=O) groups is 1. The molecule has 0 bridgehead atoms. The molecule has 2 aliphatic heterocycles. The molecule has 2 saturated heterocycles. The zero-order chi connectivity index (χ0) is 10.4. The van der Waals surface area contributed by atoms with Crippen molar-refractivity contribution < 1.29 is 4.79 Å². The Kier molecular flexibility index (Phi) is 2.31. The minimum atomic E-state index is -0.156. The largest absolute Gasteiger partial charge is 0.351 e. The Balaban J connectivity index is 1.89. The maximum atomic E-state index is 11.9. The molecule has 0 aromatic rings. The van der Waals surface area contributed by atoms with Gasteiger partial charge in [0.15, 0.2) is 0 Å². The van der Waals surface area contributed by atoms with Crippen LogP contribution >= 0.6 is 11.8 Å². The molecule has 2 aliphatic rings. The summed E-state index contributed by atoms with van der Waals surface area (Å²) >= 11 is 1.92. The molecule has 1 atom stereocenters. The Hall–Kier alpha value is -0.220. The van der Waals surface area contributed by atoms with Crippen molar-refractivity contribution in [2.75, 3.05) is 18.8 Å². The third-order valence-electron chi connectivity index (χ3n) is 3.35. The van der Waals surface area contributed by atoms with E-state index in [9.17, 15) is 4.79 Å². The van der Waals surface area contributed by atoms with E-state index in [1.807, 2.05) is 18.7 Å².